The predicted octanol–water partition coefficient (Wildman–Crippen LogP) is 2.07. The topological polar surface area (TPSA) is 74.5 Å². The van der Waals surface area contributed by atoms with E-state index in [-0.39, 0.29) is 0 Å². The number of hydrogen-bond acceptors (Lipinski definition) is 5. The van der Waals surface area contributed by atoms with E-state index in [1.165, 1.54) is 6.20 Å². The molecule has 0 spiro atoms. The van der Waals surface area contributed by atoms with Gasteiger partial charge in [0.1, 0.15) is 11.8 Å². The molecule has 2 aromatic rings. The fourth-order valence-electron chi connectivity index (χ4n) is 1.61. The van der Waals surface area contributed by atoms with Gasteiger partial charge in [-0.05, 0) is 19.9 Å². The van der Waals surface area contributed by atoms with Gasteiger partial charge in [-0.25, -0.2) is 9.97 Å². The molecule has 18 heavy (non-hydrogen) atoms. The van der Waals surface area contributed by atoms with Crippen LogP contribution >= 0.6 is 0 Å². The molecule has 0 radical (unpaired) electrons. The van der Waals surface area contributed by atoms with E-state index >= 15 is 0 Å². The summed E-state index contributed by atoms with van der Waals surface area (Å²) >= 11 is 0. The van der Waals surface area contributed by atoms with Crippen LogP contribution < -0.4 is 5.32 Å². The van der Waals surface area contributed by atoms with Crippen LogP contribution in [0.5, 0.6) is 0 Å². The average molecular weight is 239 g/mol. The lowest BCUT2D eigenvalue weighted by molar-refractivity contribution is 1.05. The summed E-state index contributed by atoms with van der Waals surface area (Å²) in [5, 5.41) is 11.9. The van der Waals surface area contributed by atoms with Gasteiger partial charge in [0.25, 0.3) is 0 Å². The van der Waals surface area contributed by atoms with Crippen molar-refractivity contribution in [2.45, 2.75) is 13.8 Å². The first-order valence-electron chi connectivity index (χ1n) is 5.54. The van der Waals surface area contributed by atoms with Crippen molar-refractivity contribution in [2.75, 3.05) is 12.4 Å². The van der Waals surface area contributed by atoms with Crippen LogP contribution in [0.2, 0.25) is 0 Å². The van der Waals surface area contributed by atoms with Crippen molar-refractivity contribution in [2.24, 2.45) is 0 Å². The summed E-state index contributed by atoms with van der Waals surface area (Å²) in [5.74, 6) is 0.690. The van der Waals surface area contributed by atoms with Gasteiger partial charge in [-0.2, -0.15) is 5.26 Å². The zero-order valence-electron chi connectivity index (χ0n) is 10.5. The number of aryl methyl sites for hydroxylation is 2. The third kappa shape index (κ3) is 2.13. The zero-order valence-corrected chi connectivity index (χ0v) is 10.5. The molecular weight excluding hydrogens is 226 g/mol. The van der Waals surface area contributed by atoms with Crippen LogP contribution in [-0.4, -0.2) is 22.0 Å². The number of nitriles is 1. The molecule has 2 heterocycles. The second kappa shape index (κ2) is 4.80. The minimum Gasteiger partial charge on any atom is -0.371 e. The molecule has 0 aliphatic carbocycles. The summed E-state index contributed by atoms with van der Waals surface area (Å²) in [6, 6.07) is 3.83. The van der Waals surface area contributed by atoms with Crippen molar-refractivity contribution in [3.05, 3.63) is 35.4 Å². The number of pyridine rings is 1. The van der Waals surface area contributed by atoms with Crippen molar-refractivity contribution in [3.8, 4) is 17.3 Å². The summed E-state index contributed by atoms with van der Waals surface area (Å²) in [6.07, 6.45) is 3.21. The van der Waals surface area contributed by atoms with E-state index in [2.05, 4.69) is 26.3 Å². The van der Waals surface area contributed by atoms with Crippen LogP contribution in [0.1, 0.15) is 17.0 Å². The molecule has 2 aromatic heterocycles. The van der Waals surface area contributed by atoms with Gasteiger partial charge >= 0.3 is 0 Å². The highest BCUT2D eigenvalue weighted by Crippen LogP contribution is 2.25. The summed E-state index contributed by atoms with van der Waals surface area (Å²) in [7, 11) is 1.80. The fourth-order valence-corrected chi connectivity index (χ4v) is 1.61. The maximum absolute atomic E-state index is 8.89. The molecule has 2 rings (SSSR count). The van der Waals surface area contributed by atoms with Gasteiger partial charge in [-0.1, -0.05) is 0 Å². The molecule has 90 valence electrons. The normalized spacial score (nSPS) is 9.89. The van der Waals surface area contributed by atoms with Crippen molar-refractivity contribution >= 4 is 5.82 Å². The molecule has 0 unspecified atom stereocenters. The first-order valence-corrected chi connectivity index (χ1v) is 5.54. The SMILES string of the molecule is CNc1nc(C)c(C)nc1-c1cncc(C#N)c1. The lowest BCUT2D eigenvalue weighted by atomic mass is 10.1. The Kier molecular flexibility index (Phi) is 3.20. The van der Waals surface area contributed by atoms with Crippen molar-refractivity contribution in [3.63, 3.8) is 0 Å². The Morgan fingerprint density at radius 2 is 1.89 bits per heavy atom. The lowest BCUT2D eigenvalue weighted by Gasteiger charge is -2.10. The molecule has 0 atom stereocenters. The average Bonchev–Trinajstić information content (AvgIpc) is 2.41. The first-order chi connectivity index (χ1) is 8.65. The number of nitrogens with one attached hydrogen (secondary N) is 1. The summed E-state index contributed by atoms with van der Waals surface area (Å²) in [4.78, 5) is 13.0. The lowest BCUT2D eigenvalue weighted by Crippen LogP contribution is -2.03. The quantitative estimate of drug-likeness (QED) is 0.868. The van der Waals surface area contributed by atoms with Crippen LogP contribution in [-0.2, 0) is 0 Å². The third-order valence-corrected chi connectivity index (χ3v) is 2.68. The number of hydrogen-bond donors (Lipinski definition) is 1. The molecule has 0 fully saturated rings. The zero-order chi connectivity index (χ0) is 13.1. The summed E-state index contributed by atoms with van der Waals surface area (Å²) in [6.45, 7) is 3.82. The summed E-state index contributed by atoms with van der Waals surface area (Å²) in [5.41, 5.74) is 3.76. The first kappa shape index (κ1) is 12.0. The highest BCUT2D eigenvalue weighted by molar-refractivity contribution is 5.71. The minimum atomic E-state index is 0.509. The number of nitrogens with zero attached hydrogens (tertiary/aromatic N) is 4. The van der Waals surface area contributed by atoms with Gasteiger partial charge in [-0.3, -0.25) is 4.98 Å². The highest BCUT2D eigenvalue weighted by Gasteiger charge is 2.11. The maximum atomic E-state index is 8.89. The number of rotatable bonds is 2. The Balaban J connectivity index is 2.62. The standard InChI is InChI=1S/C13H13N5/c1-8-9(2)18-13(15-3)12(17-8)11-4-10(5-14)6-16-7-11/h4,6-7H,1-3H3,(H,15,18). The molecular formula is C13H13N5. The van der Waals surface area contributed by atoms with Gasteiger partial charge in [0, 0.05) is 25.0 Å². The molecule has 0 saturated heterocycles. The van der Waals surface area contributed by atoms with E-state index in [0.717, 1.165) is 17.0 Å². The van der Waals surface area contributed by atoms with E-state index in [4.69, 9.17) is 5.26 Å². The van der Waals surface area contributed by atoms with E-state index in [1.807, 2.05) is 13.8 Å². The van der Waals surface area contributed by atoms with Gasteiger partial charge in [0.2, 0.25) is 0 Å². The fraction of sp³-hybridized carbons (Fsp3) is 0.231. The molecule has 0 aliphatic heterocycles. The minimum absolute atomic E-state index is 0.509. The molecule has 0 saturated carbocycles. The van der Waals surface area contributed by atoms with Crippen LogP contribution in [0.25, 0.3) is 11.3 Å². The van der Waals surface area contributed by atoms with Crippen LogP contribution in [0.3, 0.4) is 0 Å². The second-order valence-electron chi connectivity index (χ2n) is 3.92. The molecule has 5 heteroatoms. The monoisotopic (exact) mass is 239 g/mol. The largest absolute Gasteiger partial charge is 0.371 e. The van der Waals surface area contributed by atoms with Gasteiger partial charge in [0.15, 0.2) is 5.82 Å². The second-order valence-corrected chi connectivity index (χ2v) is 3.92. The number of anilines is 1. The Morgan fingerprint density at radius 1 is 1.17 bits per heavy atom. The predicted molar refractivity (Wildman–Crippen MR) is 69.0 cm³/mol. The Morgan fingerprint density at radius 3 is 2.56 bits per heavy atom. The van der Waals surface area contributed by atoms with Gasteiger partial charge < -0.3 is 5.32 Å². The van der Waals surface area contributed by atoms with Crippen LogP contribution in [0, 0.1) is 25.2 Å². The smallest absolute Gasteiger partial charge is 0.152 e. The van der Waals surface area contributed by atoms with Crippen LogP contribution in [0.15, 0.2) is 18.5 Å². The Hall–Kier alpha value is -2.48. The molecule has 0 aromatic carbocycles. The molecule has 0 bridgehead atoms. The Labute approximate surface area is 106 Å². The van der Waals surface area contributed by atoms with Crippen molar-refractivity contribution in [1.82, 2.24) is 15.0 Å². The van der Waals surface area contributed by atoms with E-state index in [0.29, 0.717) is 17.1 Å². The number of aromatic nitrogens is 3. The maximum Gasteiger partial charge on any atom is 0.152 e. The van der Waals surface area contributed by atoms with Crippen molar-refractivity contribution in [1.29, 1.82) is 5.26 Å². The highest BCUT2D eigenvalue weighted by atomic mass is 15.0. The Bertz CT molecular complexity index is 628. The van der Waals surface area contributed by atoms with E-state index in [9.17, 15) is 0 Å². The van der Waals surface area contributed by atoms with E-state index in [1.54, 1.807) is 19.3 Å². The van der Waals surface area contributed by atoms with Crippen molar-refractivity contribution < 1.29 is 0 Å². The van der Waals surface area contributed by atoms with Crippen LogP contribution in [0.4, 0.5) is 5.82 Å². The molecule has 0 aliphatic rings. The molecule has 0 amide bonds. The molecule has 1 N–H and O–H groups in total. The third-order valence-electron chi connectivity index (χ3n) is 2.68. The van der Waals surface area contributed by atoms with Gasteiger partial charge in [-0.15, -0.1) is 0 Å². The summed E-state index contributed by atoms with van der Waals surface area (Å²) < 4.78 is 0. The van der Waals surface area contributed by atoms with E-state index < -0.39 is 0 Å². The molecule has 5 nitrogen and oxygen atoms in total. The van der Waals surface area contributed by atoms with Gasteiger partial charge in [0.05, 0.1) is 17.0 Å².